The monoisotopic (exact) mass is 245 g/mol. The lowest BCUT2D eigenvalue weighted by molar-refractivity contribution is -0.0156. The van der Waals surface area contributed by atoms with Crippen molar-refractivity contribution in [3.8, 4) is 0 Å². The fourth-order valence-electron chi connectivity index (χ4n) is 4.43. The van der Waals surface area contributed by atoms with Crippen LogP contribution in [0, 0.1) is 29.6 Å². The van der Waals surface area contributed by atoms with Crippen molar-refractivity contribution >= 4 is 0 Å². The van der Waals surface area contributed by atoms with Gasteiger partial charge in [-0.3, -0.25) is 4.90 Å². The van der Waals surface area contributed by atoms with Crippen molar-refractivity contribution in [2.75, 3.05) is 6.54 Å². The average molecular weight is 245 g/mol. The molecule has 3 aliphatic rings. The van der Waals surface area contributed by atoms with Gasteiger partial charge in [-0.1, -0.05) is 45.1 Å². The highest BCUT2D eigenvalue weighted by Crippen LogP contribution is 2.45. The van der Waals surface area contributed by atoms with Gasteiger partial charge in [0.1, 0.15) is 0 Å². The van der Waals surface area contributed by atoms with Crippen LogP contribution in [0.2, 0.25) is 0 Å². The molecule has 100 valence electrons. The second kappa shape index (κ2) is 4.52. The van der Waals surface area contributed by atoms with Crippen LogP contribution >= 0.6 is 0 Å². The van der Waals surface area contributed by atoms with Crippen LogP contribution in [-0.4, -0.2) is 23.5 Å². The summed E-state index contributed by atoms with van der Waals surface area (Å²) in [6.07, 6.45) is 11.3. The summed E-state index contributed by atoms with van der Waals surface area (Å²) in [7, 11) is 0. The highest BCUT2D eigenvalue weighted by Gasteiger charge is 2.45. The molecule has 2 aliphatic heterocycles. The molecule has 18 heavy (non-hydrogen) atoms. The Kier molecular flexibility index (Phi) is 3.13. The first-order valence-corrected chi connectivity index (χ1v) is 7.70. The third kappa shape index (κ3) is 1.87. The number of nitrogens with zero attached hydrogens (tertiary/aromatic N) is 1. The van der Waals surface area contributed by atoms with E-state index in [2.05, 4.69) is 56.9 Å². The van der Waals surface area contributed by atoms with Gasteiger partial charge in [0.05, 0.1) is 0 Å². The molecule has 1 aliphatic carbocycles. The Balaban J connectivity index is 1.94. The quantitative estimate of drug-likeness (QED) is 0.588. The van der Waals surface area contributed by atoms with Gasteiger partial charge in [0, 0.05) is 18.6 Å². The van der Waals surface area contributed by atoms with Crippen LogP contribution in [0.1, 0.15) is 34.1 Å². The van der Waals surface area contributed by atoms with Crippen LogP contribution in [-0.2, 0) is 0 Å². The maximum Gasteiger partial charge on any atom is 0.0347 e. The molecule has 0 bridgehead atoms. The number of fused-ring (bicyclic) bond motifs is 3. The van der Waals surface area contributed by atoms with Gasteiger partial charge in [0.15, 0.2) is 0 Å². The highest BCUT2D eigenvalue weighted by atomic mass is 15.2. The summed E-state index contributed by atoms with van der Waals surface area (Å²) in [4.78, 5) is 2.76. The summed E-state index contributed by atoms with van der Waals surface area (Å²) >= 11 is 0. The summed E-state index contributed by atoms with van der Waals surface area (Å²) in [6.45, 7) is 10.9. The molecule has 0 spiro atoms. The maximum atomic E-state index is 2.76. The van der Waals surface area contributed by atoms with Crippen molar-refractivity contribution in [3.63, 3.8) is 0 Å². The Labute approximate surface area is 112 Å². The first-order valence-electron chi connectivity index (χ1n) is 7.70. The largest absolute Gasteiger partial charge is 0.293 e. The smallest absolute Gasteiger partial charge is 0.0347 e. The van der Waals surface area contributed by atoms with Gasteiger partial charge >= 0.3 is 0 Å². The van der Waals surface area contributed by atoms with Crippen LogP contribution in [0.15, 0.2) is 24.3 Å². The van der Waals surface area contributed by atoms with E-state index >= 15 is 0 Å². The third-order valence-electron chi connectivity index (χ3n) is 5.67. The van der Waals surface area contributed by atoms with E-state index in [1.807, 2.05) is 0 Å². The third-order valence-corrected chi connectivity index (χ3v) is 5.67. The average Bonchev–Trinajstić information content (AvgIpc) is 2.36. The fraction of sp³-hybridized carbons (Fsp3) is 0.765. The first-order chi connectivity index (χ1) is 8.58. The summed E-state index contributed by atoms with van der Waals surface area (Å²) in [5, 5.41) is 0. The van der Waals surface area contributed by atoms with E-state index in [9.17, 15) is 0 Å². The normalized spacial score (nSPS) is 51.9. The summed E-state index contributed by atoms with van der Waals surface area (Å²) < 4.78 is 0. The highest BCUT2D eigenvalue weighted by molar-refractivity contribution is 5.17. The second-order valence-corrected chi connectivity index (χ2v) is 6.99. The van der Waals surface area contributed by atoms with E-state index in [4.69, 9.17) is 0 Å². The zero-order chi connectivity index (χ0) is 12.9. The molecule has 3 rings (SSSR count). The molecule has 0 amide bonds. The molecule has 1 nitrogen and oxygen atoms in total. The van der Waals surface area contributed by atoms with Crippen molar-refractivity contribution in [2.24, 2.45) is 29.6 Å². The van der Waals surface area contributed by atoms with Crippen LogP contribution < -0.4 is 0 Å². The van der Waals surface area contributed by atoms with Gasteiger partial charge in [0.25, 0.3) is 0 Å². The van der Waals surface area contributed by atoms with E-state index in [1.165, 1.54) is 13.0 Å². The Morgan fingerprint density at radius 2 is 1.61 bits per heavy atom. The number of piperidine rings is 1. The van der Waals surface area contributed by atoms with Gasteiger partial charge in [-0.15, -0.1) is 0 Å². The minimum Gasteiger partial charge on any atom is -0.293 e. The minimum atomic E-state index is 0.668. The predicted octanol–water partition coefficient (Wildman–Crippen LogP) is 3.73. The Morgan fingerprint density at radius 1 is 0.889 bits per heavy atom. The zero-order valence-electron chi connectivity index (χ0n) is 12.2. The van der Waals surface area contributed by atoms with E-state index in [1.54, 1.807) is 0 Å². The molecule has 0 N–H and O–H groups in total. The molecule has 0 saturated carbocycles. The van der Waals surface area contributed by atoms with Gasteiger partial charge < -0.3 is 0 Å². The molecule has 2 heterocycles. The van der Waals surface area contributed by atoms with Crippen molar-refractivity contribution in [1.29, 1.82) is 0 Å². The number of rotatable bonds is 0. The van der Waals surface area contributed by atoms with Gasteiger partial charge in [0.2, 0.25) is 0 Å². The lowest BCUT2D eigenvalue weighted by Gasteiger charge is -2.54. The fourth-order valence-corrected chi connectivity index (χ4v) is 4.43. The van der Waals surface area contributed by atoms with Crippen LogP contribution in [0.5, 0.6) is 0 Å². The van der Waals surface area contributed by atoms with Crippen LogP contribution in [0.4, 0.5) is 0 Å². The molecule has 0 radical (unpaired) electrons. The lowest BCUT2D eigenvalue weighted by atomic mass is 9.64. The number of hydrogen-bond acceptors (Lipinski definition) is 1. The van der Waals surface area contributed by atoms with E-state index in [0.29, 0.717) is 6.04 Å². The minimum absolute atomic E-state index is 0.668. The maximum absolute atomic E-state index is 2.76. The van der Waals surface area contributed by atoms with Crippen molar-refractivity contribution in [2.45, 2.75) is 46.2 Å². The summed E-state index contributed by atoms with van der Waals surface area (Å²) in [5.74, 6) is 3.98. The molecule has 0 aromatic carbocycles. The molecule has 7 atom stereocenters. The molecule has 1 heteroatoms. The number of hydrogen-bond donors (Lipinski definition) is 0. The van der Waals surface area contributed by atoms with Crippen LogP contribution in [0.3, 0.4) is 0 Å². The van der Waals surface area contributed by atoms with E-state index in [0.717, 1.165) is 35.6 Å². The topological polar surface area (TPSA) is 3.24 Å². The van der Waals surface area contributed by atoms with Gasteiger partial charge in [-0.2, -0.15) is 0 Å². The Bertz CT molecular complexity index is 334. The van der Waals surface area contributed by atoms with Gasteiger partial charge in [-0.05, 0) is 42.9 Å². The number of allylic oxidation sites excluding steroid dienone is 1. The zero-order valence-corrected chi connectivity index (χ0v) is 12.2. The van der Waals surface area contributed by atoms with Crippen molar-refractivity contribution < 1.29 is 0 Å². The van der Waals surface area contributed by atoms with Gasteiger partial charge in [-0.25, -0.2) is 0 Å². The molecule has 1 fully saturated rings. The molecule has 1 saturated heterocycles. The van der Waals surface area contributed by atoms with E-state index in [-0.39, 0.29) is 0 Å². The summed E-state index contributed by atoms with van der Waals surface area (Å²) in [5.41, 5.74) is 0. The summed E-state index contributed by atoms with van der Waals surface area (Å²) in [6, 6.07) is 1.41. The molecule has 0 aromatic heterocycles. The predicted molar refractivity (Wildman–Crippen MR) is 77.3 cm³/mol. The lowest BCUT2D eigenvalue weighted by Crippen LogP contribution is -2.59. The molecular formula is C17H27N. The van der Waals surface area contributed by atoms with Crippen molar-refractivity contribution in [3.05, 3.63) is 24.3 Å². The SMILES string of the molecule is CC1C=CC2C(C1)C(C)C(C)N1CC(C)C=CC21. The Hall–Kier alpha value is -0.560. The molecule has 0 aromatic rings. The Morgan fingerprint density at radius 3 is 2.39 bits per heavy atom. The van der Waals surface area contributed by atoms with Crippen molar-refractivity contribution in [1.82, 2.24) is 4.90 Å². The standard InChI is InChI=1S/C17H27N/c1-11-5-7-15-16(9-11)13(3)14(4)18-10-12(2)6-8-17(15)18/h5-8,11-17H,9-10H2,1-4H3. The first kappa shape index (κ1) is 12.5. The second-order valence-electron chi connectivity index (χ2n) is 6.99. The molecule has 7 unspecified atom stereocenters. The molecular weight excluding hydrogens is 218 g/mol. The van der Waals surface area contributed by atoms with E-state index < -0.39 is 0 Å². The van der Waals surface area contributed by atoms with Crippen LogP contribution in [0.25, 0.3) is 0 Å².